The molecule has 3 aromatic rings. The molecule has 0 amide bonds. The van der Waals surface area contributed by atoms with E-state index in [1.807, 2.05) is 5.54 Å². The maximum atomic E-state index is 2.98. The van der Waals surface area contributed by atoms with Gasteiger partial charge in [0.15, 0.2) is 0 Å². The minimum atomic E-state index is -1.81. The summed E-state index contributed by atoms with van der Waals surface area (Å²) in [6, 6.07) is 21.3. The van der Waals surface area contributed by atoms with Gasteiger partial charge < -0.3 is 9.80 Å². The molecule has 0 spiro atoms. The van der Waals surface area contributed by atoms with Gasteiger partial charge in [-0.3, -0.25) is 0 Å². The van der Waals surface area contributed by atoms with Crippen LogP contribution >= 0.6 is 6.89 Å². The topological polar surface area (TPSA) is 6.48 Å². The molecular weight excluding hydrogens is 611 g/mol. The van der Waals surface area contributed by atoms with Gasteiger partial charge in [-0.15, -0.1) is 0 Å². The van der Waals surface area contributed by atoms with E-state index < -0.39 is 6.89 Å². The van der Waals surface area contributed by atoms with Crippen LogP contribution in [0.15, 0.2) is 60.2 Å². The number of rotatable bonds is 6. The Morgan fingerprint density at radius 1 is 0.551 bits per heavy atom. The van der Waals surface area contributed by atoms with Crippen LogP contribution in [0, 0.1) is 41.5 Å². The van der Waals surface area contributed by atoms with E-state index in [2.05, 4.69) is 112 Å². The molecule has 0 radical (unpaired) electrons. The number of nitrogens with zero attached hydrogens (tertiary/aromatic N) is 2. The summed E-state index contributed by atoms with van der Waals surface area (Å²) in [5, 5.41) is 0. The van der Waals surface area contributed by atoms with Crippen molar-refractivity contribution >= 4 is 29.9 Å². The van der Waals surface area contributed by atoms with E-state index in [0.717, 1.165) is 24.4 Å². The van der Waals surface area contributed by atoms with Gasteiger partial charge in [-0.25, -0.2) is 0 Å². The summed E-state index contributed by atoms with van der Waals surface area (Å²) in [7, 11) is 0. The van der Waals surface area contributed by atoms with E-state index in [1.54, 1.807) is 5.57 Å². The first kappa shape index (κ1) is 34.7. The molecule has 3 aliphatic carbocycles. The largest absolute Gasteiger partial charge is 0.326 e. The second-order valence-electron chi connectivity index (χ2n) is 16.4. The highest BCUT2D eigenvalue weighted by molar-refractivity contribution is 7.78. The van der Waals surface area contributed by atoms with Crippen molar-refractivity contribution in [3.05, 3.63) is 99.1 Å². The predicted molar refractivity (Wildman–Crippen MR) is 218 cm³/mol. The van der Waals surface area contributed by atoms with E-state index in [-0.39, 0.29) is 0 Å². The standard InChI is InChI=1S/C46H63N2P/c1-33-28-35(3)44(36(4)29-33)47-26-27-48(45-37(5)30-34(2)31-38(45)6)46(47)49(41-21-12-8-13-22-41,42-23-14-9-15-24-42)43-25-17-16-20-40(43)32-39-18-10-7-11-19-39/h7,10-11,18-19,28-32,41-43H,8-9,12-17,20-27H2,1-6H3. The van der Waals surface area contributed by atoms with Crippen molar-refractivity contribution in [2.24, 2.45) is 0 Å². The molecular formula is C46H63N2P. The quantitative estimate of drug-likeness (QED) is 0.240. The molecule has 3 heteroatoms. The van der Waals surface area contributed by atoms with Crippen LogP contribution in [0.3, 0.4) is 0 Å². The molecule has 262 valence electrons. The molecule has 1 aliphatic heterocycles. The first-order chi connectivity index (χ1) is 23.8. The van der Waals surface area contributed by atoms with Gasteiger partial charge in [-0.2, -0.15) is 0 Å². The Morgan fingerprint density at radius 3 is 1.47 bits per heavy atom. The molecule has 4 aliphatic rings. The number of allylic oxidation sites excluding steroid dienone is 1. The van der Waals surface area contributed by atoms with Gasteiger partial charge in [0, 0.05) is 30.1 Å². The Labute approximate surface area is 299 Å². The molecule has 0 bridgehead atoms. The molecule has 1 saturated heterocycles. The molecule has 1 unspecified atom stereocenters. The van der Waals surface area contributed by atoms with E-state index in [9.17, 15) is 0 Å². The van der Waals surface area contributed by atoms with Crippen molar-refractivity contribution in [1.82, 2.24) is 0 Å². The van der Waals surface area contributed by atoms with Gasteiger partial charge in [-0.1, -0.05) is 129 Å². The molecule has 2 nitrogen and oxygen atoms in total. The highest BCUT2D eigenvalue weighted by Gasteiger charge is 2.51. The van der Waals surface area contributed by atoms with Gasteiger partial charge in [-0.05, 0) is 126 Å². The first-order valence-electron chi connectivity index (χ1n) is 20.0. The summed E-state index contributed by atoms with van der Waals surface area (Å²) >= 11 is 0. The van der Waals surface area contributed by atoms with Crippen molar-refractivity contribution in [1.29, 1.82) is 0 Å². The molecule has 0 N–H and O–H groups in total. The number of hydrogen-bond donors (Lipinski definition) is 0. The fraction of sp³-hybridized carbons (Fsp3) is 0.543. The van der Waals surface area contributed by atoms with Crippen LogP contribution in [-0.4, -0.2) is 35.6 Å². The van der Waals surface area contributed by atoms with Crippen LogP contribution in [0.1, 0.15) is 129 Å². The van der Waals surface area contributed by atoms with Crippen LogP contribution in [0.25, 0.3) is 6.08 Å². The van der Waals surface area contributed by atoms with Gasteiger partial charge in [0.25, 0.3) is 0 Å². The molecule has 4 fully saturated rings. The Morgan fingerprint density at radius 2 is 1.00 bits per heavy atom. The lowest BCUT2D eigenvalue weighted by Crippen LogP contribution is -2.45. The lowest BCUT2D eigenvalue weighted by Gasteiger charge is -2.54. The minimum absolute atomic E-state index is 0.683. The van der Waals surface area contributed by atoms with E-state index >= 15 is 0 Å². The zero-order chi connectivity index (χ0) is 34.1. The number of aryl methyl sites for hydroxylation is 6. The second-order valence-corrected chi connectivity index (χ2v) is 20.6. The Bertz CT molecular complexity index is 1580. The van der Waals surface area contributed by atoms with Gasteiger partial charge in [0.2, 0.25) is 0 Å². The fourth-order valence-electron chi connectivity index (χ4n) is 11.3. The van der Waals surface area contributed by atoms with Crippen LogP contribution in [0.5, 0.6) is 0 Å². The second kappa shape index (κ2) is 14.9. The Balaban J connectivity index is 1.62. The van der Waals surface area contributed by atoms with Crippen molar-refractivity contribution in [3.63, 3.8) is 0 Å². The van der Waals surface area contributed by atoms with E-state index in [4.69, 9.17) is 0 Å². The fourth-order valence-corrected chi connectivity index (χ4v) is 18.9. The first-order valence-corrected chi connectivity index (χ1v) is 22.0. The normalized spacial score (nSPS) is 22.4. The zero-order valence-corrected chi connectivity index (χ0v) is 32.6. The summed E-state index contributed by atoms with van der Waals surface area (Å²) in [5.74, 6) is 0. The molecule has 3 aromatic carbocycles. The molecule has 1 atom stereocenters. The number of benzene rings is 3. The van der Waals surface area contributed by atoms with E-state index in [0.29, 0.717) is 5.66 Å². The third kappa shape index (κ3) is 6.62. The monoisotopic (exact) mass is 674 g/mol. The van der Waals surface area contributed by atoms with Gasteiger partial charge in [0.05, 0.1) is 0 Å². The van der Waals surface area contributed by atoms with E-state index in [1.165, 1.54) is 140 Å². The third-order valence-electron chi connectivity index (χ3n) is 12.8. The highest BCUT2D eigenvalue weighted by atomic mass is 31.2. The summed E-state index contributed by atoms with van der Waals surface area (Å²) in [6.45, 7) is 14.6. The maximum absolute atomic E-state index is 2.98. The number of hydrogen-bond acceptors (Lipinski definition) is 0. The summed E-state index contributed by atoms with van der Waals surface area (Å²) in [5.41, 5.74) is 19.0. The van der Waals surface area contributed by atoms with Gasteiger partial charge >= 0.3 is 0 Å². The Hall–Kier alpha value is -2.70. The van der Waals surface area contributed by atoms with Crippen molar-refractivity contribution < 1.29 is 0 Å². The van der Waals surface area contributed by atoms with Crippen LogP contribution in [0.2, 0.25) is 0 Å². The summed E-state index contributed by atoms with van der Waals surface area (Å²) < 4.78 is 0. The van der Waals surface area contributed by atoms with Crippen LogP contribution in [0.4, 0.5) is 11.4 Å². The smallest absolute Gasteiger partial charge is 0.109 e. The molecule has 0 aromatic heterocycles. The zero-order valence-electron chi connectivity index (χ0n) is 31.7. The summed E-state index contributed by atoms with van der Waals surface area (Å²) in [4.78, 5) is 5.96. The van der Waals surface area contributed by atoms with Crippen molar-refractivity contribution in [2.75, 3.05) is 22.9 Å². The molecule has 7 rings (SSSR count). The molecule has 1 heterocycles. The lowest BCUT2D eigenvalue weighted by atomic mass is 9.92. The highest BCUT2D eigenvalue weighted by Crippen LogP contribution is 2.72. The lowest BCUT2D eigenvalue weighted by molar-refractivity contribution is 0.475. The Kier molecular flexibility index (Phi) is 10.5. The maximum Gasteiger partial charge on any atom is 0.109 e. The van der Waals surface area contributed by atoms with Crippen molar-refractivity contribution in [2.45, 2.75) is 148 Å². The van der Waals surface area contributed by atoms with Crippen LogP contribution < -0.4 is 9.80 Å². The number of anilines is 2. The van der Waals surface area contributed by atoms with Crippen LogP contribution in [-0.2, 0) is 0 Å². The average molecular weight is 675 g/mol. The molecule has 49 heavy (non-hydrogen) atoms. The molecule has 3 saturated carbocycles. The van der Waals surface area contributed by atoms with Gasteiger partial charge in [0.1, 0.15) is 5.54 Å². The minimum Gasteiger partial charge on any atom is -0.326 e. The summed E-state index contributed by atoms with van der Waals surface area (Å²) in [6.07, 6.45) is 22.3. The van der Waals surface area contributed by atoms with Crippen molar-refractivity contribution in [3.8, 4) is 0 Å². The predicted octanol–water partition coefficient (Wildman–Crippen LogP) is 12.7. The third-order valence-corrected chi connectivity index (χ3v) is 19.1. The SMILES string of the molecule is Cc1cc(C)c(N2CCN(c3c(C)cc(C)cc3C)C2=P(C2CCCCC2)(C2CCCCC2)C2CCCCC2=Cc2ccccc2)c(C)c1. The average Bonchev–Trinajstić information content (AvgIpc) is 3.50.